The molecule has 0 bridgehead atoms. The molecule has 76 valence electrons. The van der Waals surface area contributed by atoms with Gasteiger partial charge in [-0.25, -0.2) is 4.21 Å². The molecule has 1 saturated heterocycles. The third-order valence-electron chi connectivity index (χ3n) is 1.99. The van der Waals surface area contributed by atoms with Crippen LogP contribution in [0.5, 0.6) is 0 Å². The molecule has 1 aliphatic rings. The Morgan fingerprint density at radius 2 is 2.07 bits per heavy atom. The fourth-order valence-electron chi connectivity index (χ4n) is 1.13. The van der Waals surface area contributed by atoms with Crippen LogP contribution in [-0.4, -0.2) is 20.7 Å². The van der Waals surface area contributed by atoms with Crippen LogP contribution in [0.25, 0.3) is 0 Å². The molecule has 3 nitrogen and oxygen atoms in total. The van der Waals surface area contributed by atoms with Crippen molar-refractivity contribution >= 4 is 15.4 Å². The first-order valence-electron chi connectivity index (χ1n) is 4.14. The maximum Gasteiger partial charge on any atom is 0.242 e. The van der Waals surface area contributed by atoms with Crippen molar-refractivity contribution in [2.45, 2.75) is 6.42 Å². The van der Waals surface area contributed by atoms with Crippen molar-refractivity contribution in [3.8, 4) is 0 Å². The Balaban J connectivity index is 2.43. The maximum absolute atomic E-state index is 13.0. The normalized spacial score (nSPS) is 18.7. The number of hydrogen-bond donors (Lipinski definition) is 0. The summed E-state index contributed by atoms with van der Waals surface area (Å²) in [6, 6.07) is 2.16. The van der Waals surface area contributed by atoms with Gasteiger partial charge < -0.3 is 0 Å². The summed E-state index contributed by atoms with van der Waals surface area (Å²) in [4.78, 5) is 2.96. The predicted molar refractivity (Wildman–Crippen MR) is 48.7 cm³/mol. The van der Waals surface area contributed by atoms with E-state index in [0.717, 1.165) is 18.6 Å². The fraction of sp³-hybridized carbons (Fsp3) is 0.375. The summed E-state index contributed by atoms with van der Waals surface area (Å²) in [6.45, 7) is 0. The Hall–Kier alpha value is -1.04. The zero-order chi connectivity index (χ0) is 10.2. The molecule has 6 heteroatoms. The molecule has 0 spiro atoms. The quantitative estimate of drug-likeness (QED) is 0.675. The molecular weight excluding hydrogens is 210 g/mol. The van der Waals surface area contributed by atoms with Gasteiger partial charge in [-0.05, 0) is 18.6 Å². The lowest BCUT2D eigenvalue weighted by Crippen LogP contribution is -2.23. The number of hydrogen-bond acceptors (Lipinski definition) is 3. The molecule has 0 unspecified atom stereocenters. The summed E-state index contributed by atoms with van der Waals surface area (Å²) < 4.78 is 40.7. The van der Waals surface area contributed by atoms with E-state index in [1.165, 1.54) is 0 Å². The molecule has 0 aliphatic carbocycles. The van der Waals surface area contributed by atoms with Gasteiger partial charge in [0.05, 0.1) is 9.73 Å². The molecule has 1 aromatic rings. The lowest BCUT2D eigenvalue weighted by molar-refractivity contribution is 0.514. The highest BCUT2D eigenvalue weighted by atomic mass is 32.2. The van der Waals surface area contributed by atoms with Crippen molar-refractivity contribution in [1.82, 2.24) is 4.98 Å². The van der Waals surface area contributed by atoms with Crippen LogP contribution in [0, 0.1) is 11.9 Å². The van der Waals surface area contributed by atoms with Crippen molar-refractivity contribution < 1.29 is 13.0 Å². The third kappa shape index (κ3) is 1.75. The van der Waals surface area contributed by atoms with E-state index in [1.54, 1.807) is 0 Å². The van der Waals surface area contributed by atoms with E-state index >= 15 is 0 Å². The second-order valence-corrected chi connectivity index (χ2v) is 5.61. The van der Waals surface area contributed by atoms with Gasteiger partial charge in [0.15, 0.2) is 0 Å². The van der Waals surface area contributed by atoms with Crippen LogP contribution < -0.4 is 0 Å². The van der Waals surface area contributed by atoms with Gasteiger partial charge >= 0.3 is 0 Å². The minimum absolute atomic E-state index is 0.115. The summed E-state index contributed by atoms with van der Waals surface area (Å²) in [7, 11) is -2.25. The Labute approximate surface area is 80.3 Å². The molecule has 1 aromatic heterocycles. The van der Waals surface area contributed by atoms with Gasteiger partial charge in [-0.3, -0.25) is 0 Å². The molecule has 0 amide bonds. The van der Waals surface area contributed by atoms with E-state index in [2.05, 4.69) is 9.35 Å². The molecule has 2 rings (SSSR count). The standard InChI is InChI=1S/C8H8F2N2OS/c9-7-3-2-6(8(10)11-7)12-14(13)4-1-5-14/h2-3H,1,4-5H2. The van der Waals surface area contributed by atoms with Crippen molar-refractivity contribution in [1.29, 1.82) is 0 Å². The highest BCUT2D eigenvalue weighted by Crippen LogP contribution is 2.22. The molecule has 0 radical (unpaired) electrons. The van der Waals surface area contributed by atoms with Gasteiger partial charge in [-0.15, -0.1) is 0 Å². The Kier molecular flexibility index (Phi) is 2.22. The fourth-order valence-corrected chi connectivity index (χ4v) is 2.59. The molecule has 14 heavy (non-hydrogen) atoms. The number of halogens is 2. The van der Waals surface area contributed by atoms with E-state index in [9.17, 15) is 13.0 Å². The molecule has 1 aliphatic heterocycles. The van der Waals surface area contributed by atoms with Crippen molar-refractivity contribution in [3.05, 3.63) is 24.0 Å². The van der Waals surface area contributed by atoms with Gasteiger partial charge in [-0.2, -0.15) is 18.1 Å². The first-order valence-corrected chi connectivity index (χ1v) is 5.99. The first kappa shape index (κ1) is 9.51. The van der Waals surface area contributed by atoms with Crippen LogP contribution in [0.4, 0.5) is 14.5 Å². The van der Waals surface area contributed by atoms with Gasteiger partial charge in [-0.1, -0.05) is 0 Å². The minimum Gasteiger partial charge on any atom is -0.249 e. The van der Waals surface area contributed by atoms with Crippen molar-refractivity contribution in [2.75, 3.05) is 11.5 Å². The molecule has 1 fully saturated rings. The zero-order valence-electron chi connectivity index (χ0n) is 7.24. The van der Waals surface area contributed by atoms with Crippen LogP contribution in [0.3, 0.4) is 0 Å². The van der Waals surface area contributed by atoms with Crippen molar-refractivity contribution in [3.63, 3.8) is 0 Å². The highest BCUT2D eigenvalue weighted by molar-refractivity contribution is 7.95. The SMILES string of the molecule is O=S1(=Nc2ccc(F)nc2F)CCC1. The van der Waals surface area contributed by atoms with E-state index in [1.807, 2.05) is 0 Å². The lowest BCUT2D eigenvalue weighted by Gasteiger charge is -2.17. The molecular formula is C8H8F2N2OS. The average molecular weight is 218 g/mol. The Morgan fingerprint density at radius 3 is 2.57 bits per heavy atom. The monoisotopic (exact) mass is 218 g/mol. The van der Waals surface area contributed by atoms with E-state index < -0.39 is 21.6 Å². The van der Waals surface area contributed by atoms with Crippen LogP contribution in [0.2, 0.25) is 0 Å². The largest absolute Gasteiger partial charge is 0.249 e. The van der Waals surface area contributed by atoms with E-state index in [-0.39, 0.29) is 5.69 Å². The second kappa shape index (κ2) is 3.27. The predicted octanol–water partition coefficient (Wildman–Crippen LogP) is 1.86. The molecule has 0 aromatic carbocycles. The number of rotatable bonds is 1. The van der Waals surface area contributed by atoms with Gasteiger partial charge in [0.1, 0.15) is 5.69 Å². The van der Waals surface area contributed by atoms with Crippen LogP contribution >= 0.6 is 0 Å². The Morgan fingerprint density at radius 1 is 1.36 bits per heavy atom. The maximum atomic E-state index is 13.0. The number of pyridine rings is 1. The highest BCUT2D eigenvalue weighted by Gasteiger charge is 2.20. The van der Waals surface area contributed by atoms with E-state index in [0.29, 0.717) is 11.5 Å². The molecule has 0 N–H and O–H groups in total. The molecule has 2 heterocycles. The lowest BCUT2D eigenvalue weighted by atomic mass is 10.4. The third-order valence-corrected chi connectivity index (χ3v) is 4.37. The van der Waals surface area contributed by atoms with Gasteiger partial charge in [0.25, 0.3) is 0 Å². The number of aromatic nitrogens is 1. The summed E-state index contributed by atoms with van der Waals surface area (Å²) in [5.74, 6) is -0.919. The van der Waals surface area contributed by atoms with Gasteiger partial charge in [0.2, 0.25) is 11.9 Å². The van der Waals surface area contributed by atoms with Crippen LogP contribution in [0.1, 0.15) is 6.42 Å². The summed E-state index contributed by atoms with van der Waals surface area (Å²) in [6.07, 6.45) is 0.846. The summed E-state index contributed by atoms with van der Waals surface area (Å²) in [5, 5.41) is 0. The second-order valence-electron chi connectivity index (χ2n) is 3.07. The minimum atomic E-state index is -2.25. The zero-order valence-corrected chi connectivity index (χ0v) is 8.06. The van der Waals surface area contributed by atoms with Crippen molar-refractivity contribution in [2.24, 2.45) is 4.36 Å². The summed E-state index contributed by atoms with van der Waals surface area (Å²) >= 11 is 0. The molecule has 0 saturated carbocycles. The van der Waals surface area contributed by atoms with E-state index in [4.69, 9.17) is 0 Å². The first-order chi connectivity index (χ1) is 6.59. The van der Waals surface area contributed by atoms with Gasteiger partial charge in [0, 0.05) is 11.5 Å². The van der Waals surface area contributed by atoms with Crippen LogP contribution in [-0.2, 0) is 9.73 Å². The topological polar surface area (TPSA) is 42.3 Å². The molecule has 0 atom stereocenters. The number of nitrogens with zero attached hydrogens (tertiary/aromatic N) is 2. The summed E-state index contributed by atoms with van der Waals surface area (Å²) in [5.41, 5.74) is -0.115. The Bertz CT molecular complexity index is 470. The van der Waals surface area contributed by atoms with Crippen LogP contribution in [0.15, 0.2) is 16.5 Å². The average Bonchev–Trinajstić information content (AvgIpc) is 2.07. The smallest absolute Gasteiger partial charge is 0.242 e.